The molecule has 17 atom stereocenters. The number of hydrogen-bond donors (Lipinski definition) is 2. The molecule has 8 aliphatic rings. The van der Waals surface area contributed by atoms with E-state index in [1.54, 1.807) is 0 Å². The Morgan fingerprint density at radius 1 is 0.643 bits per heavy atom. The molecule has 56 heavy (non-hydrogen) atoms. The quantitative estimate of drug-likeness (QED) is 0.204. The minimum absolute atomic E-state index is 0. The van der Waals surface area contributed by atoms with Gasteiger partial charge in [0, 0.05) is 35.5 Å². The van der Waals surface area contributed by atoms with Gasteiger partial charge in [-0.05, 0) is 52.4 Å². The van der Waals surface area contributed by atoms with Crippen molar-refractivity contribution in [1.82, 2.24) is 0 Å². The summed E-state index contributed by atoms with van der Waals surface area (Å²) in [6, 6.07) is 0. The van der Waals surface area contributed by atoms with E-state index in [-0.39, 0.29) is 41.8 Å². The van der Waals surface area contributed by atoms with E-state index in [9.17, 15) is 19.8 Å². The van der Waals surface area contributed by atoms with E-state index < -0.39 is 114 Å². The third-order valence-corrected chi connectivity index (χ3v) is 14.3. The molecule has 2 N–H and O–H groups in total. The summed E-state index contributed by atoms with van der Waals surface area (Å²) in [6.45, 7) is 11.8. The molecule has 6 fully saturated rings. The first-order valence-corrected chi connectivity index (χ1v) is 20.5. The Kier molecular flexibility index (Phi) is 12.0. The fraction of sp³-hybridized carbons (Fsp3) is 0.850. The fourth-order valence-electron chi connectivity index (χ4n) is 10.1. The average molecular weight is 799 g/mol. The number of aliphatic hydroxyl groups is 2. The van der Waals surface area contributed by atoms with Gasteiger partial charge in [0.15, 0.2) is 23.8 Å². The molecule has 3 spiro atoms. The fourth-order valence-corrected chi connectivity index (χ4v) is 10.1. The van der Waals surface area contributed by atoms with Crippen molar-refractivity contribution in [3.8, 4) is 0 Å². The molecular formula is C40H60BNaO14. The van der Waals surface area contributed by atoms with Crippen LogP contribution in [0.15, 0.2) is 24.3 Å². The second kappa shape index (κ2) is 15.5. The molecular weight excluding hydrogens is 738 g/mol. The van der Waals surface area contributed by atoms with E-state index in [2.05, 4.69) is 0 Å². The van der Waals surface area contributed by atoms with Crippen molar-refractivity contribution in [2.75, 3.05) is 0 Å². The molecule has 8 heterocycles. The van der Waals surface area contributed by atoms with Crippen molar-refractivity contribution < 1.29 is 96.4 Å². The van der Waals surface area contributed by atoms with Crippen molar-refractivity contribution in [3.63, 3.8) is 0 Å². The van der Waals surface area contributed by atoms with Crippen LogP contribution in [0.1, 0.15) is 107 Å². The molecule has 308 valence electrons. The first-order chi connectivity index (χ1) is 25.9. The van der Waals surface area contributed by atoms with Crippen LogP contribution in [-0.4, -0.2) is 114 Å². The summed E-state index contributed by atoms with van der Waals surface area (Å²) in [4.78, 5) is 29.2. The molecule has 0 aromatic carbocycles. The molecule has 14 nitrogen and oxygen atoms in total. The molecule has 0 amide bonds. The number of carbonyl (C=O) groups is 2. The second-order valence-corrected chi connectivity index (χ2v) is 18.6. The summed E-state index contributed by atoms with van der Waals surface area (Å²) in [7, 11) is 0. The number of ether oxygens (including phenoxy) is 6. The minimum Gasteiger partial charge on any atom is -0.504 e. The summed E-state index contributed by atoms with van der Waals surface area (Å²) in [5, 5.41) is 23.3. The van der Waals surface area contributed by atoms with Gasteiger partial charge in [-0.25, -0.2) is 9.59 Å². The average Bonchev–Trinajstić information content (AvgIpc) is 3.84. The number of esters is 2. The Hall–Kier alpha value is -0.915. The topological polar surface area (TPSA) is 167 Å². The predicted molar refractivity (Wildman–Crippen MR) is 194 cm³/mol. The monoisotopic (exact) mass is 798 g/mol. The predicted octanol–water partition coefficient (Wildman–Crippen LogP) is 1.15. The Balaban J connectivity index is 0.00000480. The van der Waals surface area contributed by atoms with Gasteiger partial charge in [-0.15, -0.1) is 0 Å². The van der Waals surface area contributed by atoms with Crippen LogP contribution in [0, 0.1) is 22.7 Å². The summed E-state index contributed by atoms with van der Waals surface area (Å²) in [5.74, 6) is -6.02. The standard InChI is InChI=1S/C40H60BO14.Na/c1-21-15-17-31-37(5,6)29(42)13-9-11-26-20-28(24(4)47-26)49-36(45)34-40-22(2)16-18-32(51-40)38(7,8)30(43)14-10-12-25-19-27(23(3)46-25)48-35(44)33-39(21,50-31)54-41(52-33,53-34)55-40;/h9-12,21-34,42-43H,13-20H2,1-8H3;/q-1;+1/b11-9+,12-10+;/t21?,22?,23-,24-,25-,26?,27+,28?,29-,30-,31+,32+,33?,34?,39?,40?,41?;/m1./s1. The number of aliphatic hydroxyl groups excluding tert-OH is 2. The van der Waals surface area contributed by atoms with Gasteiger partial charge in [-0.1, -0.05) is 65.8 Å². The van der Waals surface area contributed by atoms with E-state index in [0.29, 0.717) is 51.4 Å². The maximum absolute atomic E-state index is 14.6. The van der Waals surface area contributed by atoms with Gasteiger partial charge < -0.3 is 57.3 Å². The molecule has 0 aromatic heterocycles. The van der Waals surface area contributed by atoms with Crippen LogP contribution in [0.2, 0.25) is 0 Å². The second-order valence-electron chi connectivity index (χ2n) is 18.6. The minimum atomic E-state index is -3.42. The maximum atomic E-state index is 14.6. The van der Waals surface area contributed by atoms with Gasteiger partial charge in [0.25, 0.3) is 0 Å². The van der Waals surface area contributed by atoms with Crippen molar-refractivity contribution in [2.24, 2.45) is 22.7 Å². The van der Waals surface area contributed by atoms with Gasteiger partial charge >= 0.3 is 48.5 Å². The summed E-state index contributed by atoms with van der Waals surface area (Å²) in [5.41, 5.74) is -1.64. The zero-order valence-electron chi connectivity index (χ0n) is 34.4. The first kappa shape index (κ1) is 43.2. The molecule has 0 aromatic rings. The Morgan fingerprint density at radius 2 is 1.04 bits per heavy atom. The summed E-state index contributed by atoms with van der Waals surface area (Å²) in [6.07, 6.45) is 2.49. The molecule has 0 radical (unpaired) electrons. The van der Waals surface area contributed by atoms with E-state index >= 15 is 0 Å². The molecule has 8 aliphatic heterocycles. The van der Waals surface area contributed by atoms with Gasteiger partial charge in [-0.3, -0.25) is 0 Å². The summed E-state index contributed by atoms with van der Waals surface area (Å²) >= 11 is 0. The molecule has 6 saturated heterocycles. The van der Waals surface area contributed by atoms with E-state index in [0.717, 1.165) is 0 Å². The number of hydrogen-bond acceptors (Lipinski definition) is 14. The van der Waals surface area contributed by atoms with E-state index in [1.807, 2.05) is 79.7 Å². The van der Waals surface area contributed by atoms with E-state index in [4.69, 9.17) is 47.0 Å². The summed E-state index contributed by atoms with van der Waals surface area (Å²) < 4.78 is 65.8. The SMILES string of the molecule is CC1CC[C@@H]2OC13O[B-]14OC3C(=O)OC3CC(/C=C/C[C@@H](O)C(C)(C)[C@@H]5CCC(C)C(O5)(O1)C(O4)C(=O)O[C@H]1C[C@@H](/C=C/C[C@@H](O)C2(C)C)O[C@@H]1C)O[C@@H]3C.[Na+]. The van der Waals surface area contributed by atoms with Crippen LogP contribution in [-0.2, 0) is 56.6 Å². The van der Waals surface area contributed by atoms with Crippen LogP contribution < -0.4 is 29.6 Å². The number of fused-ring (bicyclic) bond motifs is 8. The maximum Gasteiger partial charge on any atom is 1.00 e. The zero-order chi connectivity index (χ0) is 39.3. The van der Waals surface area contributed by atoms with Crippen LogP contribution in [0.4, 0.5) is 0 Å². The Morgan fingerprint density at radius 3 is 1.43 bits per heavy atom. The molecule has 11 bridgehead atoms. The number of carbonyl (C=O) groups excluding carboxylic acids is 2. The normalized spacial score (nSPS) is 52.3. The third kappa shape index (κ3) is 7.23. The van der Waals surface area contributed by atoms with Crippen molar-refractivity contribution in [3.05, 3.63) is 24.3 Å². The van der Waals surface area contributed by atoms with Crippen LogP contribution in [0.5, 0.6) is 0 Å². The Labute approximate surface area is 352 Å². The smallest absolute Gasteiger partial charge is 0.504 e. The largest absolute Gasteiger partial charge is 1.00 e. The van der Waals surface area contributed by atoms with Gasteiger partial charge in [0.1, 0.15) is 12.2 Å². The Bertz CT molecular complexity index is 1450. The van der Waals surface area contributed by atoms with Gasteiger partial charge in [-0.2, -0.15) is 0 Å². The van der Waals surface area contributed by atoms with Gasteiger partial charge in [0.05, 0.1) is 48.8 Å². The number of rotatable bonds is 0. The van der Waals surface area contributed by atoms with Crippen molar-refractivity contribution in [1.29, 1.82) is 0 Å². The molecule has 0 aliphatic carbocycles. The van der Waals surface area contributed by atoms with Gasteiger partial charge in [0.2, 0.25) is 0 Å². The molecule has 0 saturated carbocycles. The van der Waals surface area contributed by atoms with E-state index in [1.165, 1.54) is 0 Å². The third-order valence-electron chi connectivity index (χ3n) is 14.3. The zero-order valence-corrected chi connectivity index (χ0v) is 36.4. The van der Waals surface area contributed by atoms with Crippen molar-refractivity contribution >= 4 is 18.9 Å². The molecule has 9 unspecified atom stereocenters. The van der Waals surface area contributed by atoms with Crippen LogP contribution in [0.3, 0.4) is 0 Å². The van der Waals surface area contributed by atoms with Crippen molar-refractivity contribution in [2.45, 2.75) is 192 Å². The van der Waals surface area contributed by atoms with Crippen LogP contribution >= 0.6 is 0 Å². The molecule has 16 heteroatoms. The van der Waals surface area contributed by atoms with Crippen LogP contribution in [0.25, 0.3) is 0 Å². The molecule has 8 rings (SSSR count). The first-order valence-electron chi connectivity index (χ1n) is 20.5.